The maximum absolute atomic E-state index is 12.6. The van der Waals surface area contributed by atoms with E-state index in [-0.39, 0.29) is 24.3 Å². The van der Waals surface area contributed by atoms with Crippen LogP contribution in [0.4, 0.5) is 0 Å². The summed E-state index contributed by atoms with van der Waals surface area (Å²) in [4.78, 5) is 39.1. The van der Waals surface area contributed by atoms with Crippen LogP contribution in [0.1, 0.15) is 42.7 Å². The molecule has 1 aliphatic heterocycles. The van der Waals surface area contributed by atoms with Crippen molar-refractivity contribution in [1.29, 1.82) is 0 Å². The zero-order valence-corrected chi connectivity index (χ0v) is 15.9. The molecular weight excluding hydrogens is 336 g/mol. The van der Waals surface area contributed by atoms with Crippen LogP contribution in [-0.4, -0.2) is 69.2 Å². The van der Waals surface area contributed by atoms with Crippen LogP contribution in [0.15, 0.2) is 6.20 Å². The Morgan fingerprint density at radius 2 is 1.92 bits per heavy atom. The standard InChI is InChI=1S/C18H28N4O4/c1-12(2)10-22-13(3)15(9-19-22)17(24)20(4)11-16(23)21-7-5-14(6-8-21)18(25)26/h9,12,14H,5-8,10-11H2,1-4H3,(H,25,26). The second-order valence-corrected chi connectivity index (χ2v) is 7.37. The Hall–Kier alpha value is -2.38. The third kappa shape index (κ3) is 4.62. The number of hydrogen-bond donors (Lipinski definition) is 1. The lowest BCUT2D eigenvalue weighted by molar-refractivity contribution is -0.145. The number of likely N-dealkylation sites (N-methyl/N-ethyl adjacent to an activating group) is 1. The summed E-state index contributed by atoms with van der Waals surface area (Å²) in [7, 11) is 1.60. The van der Waals surface area contributed by atoms with Gasteiger partial charge in [0.25, 0.3) is 5.91 Å². The number of aromatic nitrogens is 2. The van der Waals surface area contributed by atoms with E-state index >= 15 is 0 Å². The van der Waals surface area contributed by atoms with Crippen molar-refractivity contribution in [3.8, 4) is 0 Å². The third-order valence-corrected chi connectivity index (χ3v) is 4.79. The van der Waals surface area contributed by atoms with Gasteiger partial charge in [-0.3, -0.25) is 19.1 Å². The minimum atomic E-state index is -0.807. The summed E-state index contributed by atoms with van der Waals surface area (Å²) in [5, 5.41) is 13.3. The summed E-state index contributed by atoms with van der Waals surface area (Å²) in [5.41, 5.74) is 1.30. The van der Waals surface area contributed by atoms with Crippen molar-refractivity contribution in [3.63, 3.8) is 0 Å². The molecule has 8 nitrogen and oxygen atoms in total. The van der Waals surface area contributed by atoms with Crippen LogP contribution in [-0.2, 0) is 16.1 Å². The second kappa shape index (κ2) is 8.33. The minimum Gasteiger partial charge on any atom is -0.481 e. The molecule has 0 saturated carbocycles. The van der Waals surface area contributed by atoms with E-state index in [0.29, 0.717) is 37.4 Å². The van der Waals surface area contributed by atoms with E-state index in [0.717, 1.165) is 12.2 Å². The average Bonchev–Trinajstić information content (AvgIpc) is 2.94. The Morgan fingerprint density at radius 1 is 1.31 bits per heavy atom. The Bertz CT molecular complexity index is 675. The molecule has 144 valence electrons. The van der Waals surface area contributed by atoms with Gasteiger partial charge in [0.15, 0.2) is 0 Å². The van der Waals surface area contributed by atoms with Crippen molar-refractivity contribution in [3.05, 3.63) is 17.5 Å². The van der Waals surface area contributed by atoms with Crippen molar-refractivity contribution in [1.82, 2.24) is 19.6 Å². The first-order valence-electron chi connectivity index (χ1n) is 8.99. The second-order valence-electron chi connectivity index (χ2n) is 7.37. The molecule has 0 atom stereocenters. The first-order chi connectivity index (χ1) is 12.2. The fourth-order valence-corrected chi connectivity index (χ4v) is 3.14. The van der Waals surface area contributed by atoms with Crippen LogP contribution in [0.25, 0.3) is 0 Å². The van der Waals surface area contributed by atoms with E-state index < -0.39 is 5.97 Å². The topological polar surface area (TPSA) is 95.7 Å². The highest BCUT2D eigenvalue weighted by atomic mass is 16.4. The Morgan fingerprint density at radius 3 is 2.46 bits per heavy atom. The van der Waals surface area contributed by atoms with Gasteiger partial charge in [0.2, 0.25) is 5.91 Å². The summed E-state index contributed by atoms with van der Waals surface area (Å²) >= 11 is 0. The number of carboxylic acids is 1. The molecule has 0 radical (unpaired) electrons. The number of carboxylic acid groups (broad SMARTS) is 1. The predicted octanol–water partition coefficient (Wildman–Crippen LogP) is 1.24. The molecule has 1 aromatic rings. The molecule has 1 N–H and O–H groups in total. The van der Waals surface area contributed by atoms with E-state index in [9.17, 15) is 14.4 Å². The summed E-state index contributed by atoms with van der Waals surface area (Å²) < 4.78 is 1.81. The molecule has 2 heterocycles. The molecule has 1 aromatic heterocycles. The maximum Gasteiger partial charge on any atom is 0.306 e. The van der Waals surface area contributed by atoms with Crippen LogP contribution in [0.5, 0.6) is 0 Å². The van der Waals surface area contributed by atoms with Gasteiger partial charge >= 0.3 is 5.97 Å². The number of carbonyl (C=O) groups excluding carboxylic acids is 2. The van der Waals surface area contributed by atoms with Crippen molar-refractivity contribution >= 4 is 17.8 Å². The molecule has 0 aromatic carbocycles. The van der Waals surface area contributed by atoms with Crippen LogP contribution in [0.3, 0.4) is 0 Å². The molecule has 0 bridgehead atoms. The molecule has 1 fully saturated rings. The van der Waals surface area contributed by atoms with Crippen molar-refractivity contribution < 1.29 is 19.5 Å². The Labute approximate surface area is 153 Å². The van der Waals surface area contributed by atoms with E-state index in [1.807, 2.05) is 11.6 Å². The SMILES string of the molecule is Cc1c(C(=O)N(C)CC(=O)N2CCC(C(=O)O)CC2)cnn1CC(C)C. The highest BCUT2D eigenvalue weighted by Gasteiger charge is 2.28. The summed E-state index contributed by atoms with van der Waals surface area (Å²) in [6, 6.07) is 0. The average molecular weight is 364 g/mol. The molecule has 1 saturated heterocycles. The Kier molecular flexibility index (Phi) is 6.39. The molecule has 1 aliphatic rings. The largest absolute Gasteiger partial charge is 0.481 e. The maximum atomic E-state index is 12.6. The lowest BCUT2D eigenvalue weighted by atomic mass is 9.97. The monoisotopic (exact) mass is 364 g/mol. The van der Waals surface area contributed by atoms with Crippen LogP contribution < -0.4 is 0 Å². The molecule has 2 amide bonds. The normalized spacial score (nSPS) is 15.3. The quantitative estimate of drug-likeness (QED) is 0.819. The van der Waals surface area contributed by atoms with E-state index in [2.05, 4.69) is 18.9 Å². The van der Waals surface area contributed by atoms with Gasteiger partial charge < -0.3 is 14.9 Å². The molecule has 0 unspecified atom stereocenters. The van der Waals surface area contributed by atoms with Gasteiger partial charge in [-0.1, -0.05) is 13.8 Å². The van der Waals surface area contributed by atoms with Crippen LogP contribution in [0.2, 0.25) is 0 Å². The molecule has 2 rings (SSSR count). The first-order valence-corrected chi connectivity index (χ1v) is 8.99. The van der Waals surface area contributed by atoms with Gasteiger partial charge in [-0.05, 0) is 25.7 Å². The number of carbonyl (C=O) groups is 3. The zero-order valence-electron chi connectivity index (χ0n) is 15.9. The lowest BCUT2D eigenvalue weighted by Gasteiger charge is -2.31. The smallest absolute Gasteiger partial charge is 0.306 e. The summed E-state index contributed by atoms with van der Waals surface area (Å²) in [5.74, 6) is -1.15. The fourth-order valence-electron chi connectivity index (χ4n) is 3.14. The van der Waals surface area contributed by atoms with Crippen LogP contribution >= 0.6 is 0 Å². The van der Waals surface area contributed by atoms with Gasteiger partial charge in [-0.2, -0.15) is 5.10 Å². The van der Waals surface area contributed by atoms with Gasteiger partial charge in [-0.25, -0.2) is 0 Å². The minimum absolute atomic E-state index is 0.0224. The number of nitrogens with zero attached hydrogens (tertiary/aromatic N) is 4. The van der Waals surface area contributed by atoms with Crippen molar-refractivity contribution in [2.24, 2.45) is 11.8 Å². The Balaban J connectivity index is 1.94. The van der Waals surface area contributed by atoms with Crippen LogP contribution in [0, 0.1) is 18.8 Å². The van der Waals surface area contributed by atoms with E-state index in [4.69, 9.17) is 5.11 Å². The molecule has 0 aliphatic carbocycles. The van der Waals surface area contributed by atoms with Crippen molar-refractivity contribution in [2.75, 3.05) is 26.7 Å². The van der Waals surface area contributed by atoms with Gasteiger partial charge in [0.1, 0.15) is 0 Å². The van der Waals surface area contributed by atoms with Gasteiger partial charge in [0, 0.05) is 32.4 Å². The number of rotatable bonds is 6. The molecule has 8 heteroatoms. The first kappa shape index (κ1) is 19.9. The number of hydrogen-bond acceptors (Lipinski definition) is 4. The number of aliphatic carboxylic acids is 1. The molecule has 26 heavy (non-hydrogen) atoms. The summed E-state index contributed by atoms with van der Waals surface area (Å²) in [6.07, 6.45) is 2.47. The van der Waals surface area contributed by atoms with Gasteiger partial charge in [-0.15, -0.1) is 0 Å². The van der Waals surface area contributed by atoms with Gasteiger partial charge in [0.05, 0.1) is 24.2 Å². The number of amides is 2. The van der Waals surface area contributed by atoms with Crippen molar-refractivity contribution in [2.45, 2.75) is 40.2 Å². The fraction of sp³-hybridized carbons (Fsp3) is 0.667. The highest BCUT2D eigenvalue weighted by Crippen LogP contribution is 2.18. The summed E-state index contributed by atoms with van der Waals surface area (Å²) in [6.45, 7) is 7.58. The molecule has 0 spiro atoms. The highest BCUT2D eigenvalue weighted by molar-refractivity contribution is 5.97. The molecular formula is C18H28N4O4. The number of likely N-dealkylation sites (tertiary alicyclic amines) is 1. The van der Waals surface area contributed by atoms with E-state index in [1.54, 1.807) is 18.1 Å². The predicted molar refractivity (Wildman–Crippen MR) is 95.7 cm³/mol. The third-order valence-electron chi connectivity index (χ3n) is 4.79. The lowest BCUT2D eigenvalue weighted by Crippen LogP contribution is -2.45. The number of piperidine rings is 1. The zero-order chi connectivity index (χ0) is 19.4. The van der Waals surface area contributed by atoms with E-state index in [1.165, 1.54) is 4.90 Å².